The van der Waals surface area contributed by atoms with Gasteiger partial charge in [0.05, 0.1) is 0 Å². The van der Waals surface area contributed by atoms with Gasteiger partial charge in [-0.05, 0) is 42.3 Å². The summed E-state index contributed by atoms with van der Waals surface area (Å²) < 4.78 is 11.7. The van der Waals surface area contributed by atoms with Crippen LogP contribution in [0.15, 0.2) is 62.2 Å². The van der Waals surface area contributed by atoms with E-state index in [0.717, 1.165) is 28.3 Å². The molecule has 0 unspecified atom stereocenters. The van der Waals surface area contributed by atoms with Gasteiger partial charge in [0.15, 0.2) is 6.61 Å². The standard InChI is InChI=1S/C20H18BrNO4/c1-2-4-13-9-20(24)26-18-11-16(7-8-17(13)18)25-12-19(23)22-15-6-3-5-14(21)10-15/h3,5-11H,2,4,12H2,1H3,(H,22,23). The third-order valence-electron chi connectivity index (χ3n) is 3.80. The number of benzene rings is 2. The predicted molar refractivity (Wildman–Crippen MR) is 105 cm³/mol. The summed E-state index contributed by atoms with van der Waals surface area (Å²) in [5, 5.41) is 3.64. The van der Waals surface area contributed by atoms with Gasteiger partial charge in [-0.3, -0.25) is 4.79 Å². The molecule has 6 heteroatoms. The number of hydrogen-bond acceptors (Lipinski definition) is 4. The summed E-state index contributed by atoms with van der Waals surface area (Å²) in [5.41, 5.74) is 1.72. The molecule has 1 aromatic heterocycles. The van der Waals surface area contributed by atoms with Crippen molar-refractivity contribution in [3.8, 4) is 5.75 Å². The van der Waals surface area contributed by atoms with Crippen LogP contribution in [0.5, 0.6) is 5.75 Å². The van der Waals surface area contributed by atoms with Crippen LogP contribution >= 0.6 is 15.9 Å². The van der Waals surface area contributed by atoms with Crippen LogP contribution < -0.4 is 15.7 Å². The molecule has 1 amide bonds. The number of anilines is 1. The van der Waals surface area contributed by atoms with Gasteiger partial charge < -0.3 is 14.5 Å². The minimum absolute atomic E-state index is 0.142. The van der Waals surface area contributed by atoms with Crippen molar-refractivity contribution in [2.45, 2.75) is 19.8 Å². The van der Waals surface area contributed by atoms with Crippen LogP contribution in [0.1, 0.15) is 18.9 Å². The summed E-state index contributed by atoms with van der Waals surface area (Å²) in [4.78, 5) is 23.7. The fourth-order valence-electron chi connectivity index (χ4n) is 2.69. The van der Waals surface area contributed by atoms with Crippen molar-refractivity contribution in [3.63, 3.8) is 0 Å². The molecule has 3 rings (SSSR count). The van der Waals surface area contributed by atoms with Crippen molar-refractivity contribution in [2.75, 3.05) is 11.9 Å². The Morgan fingerprint density at radius 2 is 2.04 bits per heavy atom. The van der Waals surface area contributed by atoms with E-state index in [-0.39, 0.29) is 18.1 Å². The molecular weight excluding hydrogens is 398 g/mol. The van der Waals surface area contributed by atoms with Gasteiger partial charge >= 0.3 is 5.63 Å². The van der Waals surface area contributed by atoms with Crippen LogP contribution in [0.3, 0.4) is 0 Å². The van der Waals surface area contributed by atoms with Crippen molar-refractivity contribution in [3.05, 3.63) is 69.0 Å². The smallest absolute Gasteiger partial charge is 0.336 e. The highest BCUT2D eigenvalue weighted by Gasteiger charge is 2.08. The molecule has 0 radical (unpaired) electrons. The van der Waals surface area contributed by atoms with Gasteiger partial charge in [-0.2, -0.15) is 0 Å². The first-order chi connectivity index (χ1) is 12.5. The zero-order chi connectivity index (χ0) is 18.5. The molecule has 3 aromatic rings. The van der Waals surface area contributed by atoms with Crippen molar-refractivity contribution in [2.24, 2.45) is 0 Å². The van der Waals surface area contributed by atoms with Gasteiger partial charge in [-0.1, -0.05) is 35.3 Å². The Kier molecular flexibility index (Phi) is 5.73. The fraction of sp³-hybridized carbons (Fsp3) is 0.200. The van der Waals surface area contributed by atoms with Gasteiger partial charge in [-0.25, -0.2) is 4.79 Å². The average molecular weight is 416 g/mol. The Bertz CT molecular complexity index is 997. The quantitative estimate of drug-likeness (QED) is 0.600. The maximum absolute atomic E-state index is 12.0. The molecule has 0 bridgehead atoms. The molecule has 5 nitrogen and oxygen atoms in total. The highest BCUT2D eigenvalue weighted by molar-refractivity contribution is 9.10. The second kappa shape index (κ2) is 8.19. The van der Waals surface area contributed by atoms with Crippen LogP contribution in [0.2, 0.25) is 0 Å². The molecule has 0 aliphatic carbocycles. The molecule has 1 N–H and O–H groups in total. The molecule has 0 saturated carbocycles. The minimum Gasteiger partial charge on any atom is -0.484 e. The van der Waals surface area contributed by atoms with Crippen LogP contribution in [-0.4, -0.2) is 12.5 Å². The lowest BCUT2D eigenvalue weighted by molar-refractivity contribution is -0.118. The summed E-state index contributed by atoms with van der Waals surface area (Å²) in [6.07, 6.45) is 1.74. The predicted octanol–water partition coefficient (Wildman–Crippen LogP) is 4.53. The fourth-order valence-corrected chi connectivity index (χ4v) is 3.09. The normalized spacial score (nSPS) is 10.7. The molecule has 1 heterocycles. The molecule has 0 fully saturated rings. The van der Waals surface area contributed by atoms with E-state index in [1.165, 1.54) is 6.07 Å². The maximum Gasteiger partial charge on any atom is 0.336 e. The minimum atomic E-state index is -0.384. The number of carbonyl (C=O) groups excluding carboxylic acids is 1. The van der Waals surface area contributed by atoms with Gasteiger partial charge in [-0.15, -0.1) is 0 Å². The Labute approximate surface area is 159 Å². The largest absolute Gasteiger partial charge is 0.484 e. The van der Waals surface area contributed by atoms with E-state index in [1.54, 1.807) is 24.3 Å². The van der Waals surface area contributed by atoms with Crippen molar-refractivity contribution >= 4 is 38.5 Å². The molecule has 0 atom stereocenters. The topological polar surface area (TPSA) is 68.5 Å². The zero-order valence-electron chi connectivity index (χ0n) is 14.3. The van der Waals surface area contributed by atoms with E-state index < -0.39 is 0 Å². The highest BCUT2D eigenvalue weighted by atomic mass is 79.9. The third kappa shape index (κ3) is 4.52. The first-order valence-corrected chi connectivity index (χ1v) is 9.09. The number of hydrogen-bond donors (Lipinski definition) is 1. The molecule has 0 spiro atoms. The lowest BCUT2D eigenvalue weighted by Crippen LogP contribution is -2.20. The van der Waals surface area contributed by atoms with Crippen molar-refractivity contribution in [1.29, 1.82) is 0 Å². The Morgan fingerprint density at radius 1 is 1.19 bits per heavy atom. The van der Waals surface area contributed by atoms with E-state index in [4.69, 9.17) is 9.15 Å². The molecule has 2 aromatic carbocycles. The number of carbonyl (C=O) groups is 1. The second-order valence-electron chi connectivity index (χ2n) is 5.85. The van der Waals surface area contributed by atoms with Crippen LogP contribution in [-0.2, 0) is 11.2 Å². The molecular formula is C20H18BrNO4. The summed E-state index contributed by atoms with van der Waals surface area (Å²) in [6.45, 7) is 1.92. The first kappa shape index (κ1) is 18.2. The van der Waals surface area contributed by atoms with E-state index in [0.29, 0.717) is 17.0 Å². The maximum atomic E-state index is 12.0. The second-order valence-corrected chi connectivity index (χ2v) is 6.76. The number of nitrogens with one attached hydrogen (secondary N) is 1. The SMILES string of the molecule is CCCc1cc(=O)oc2cc(OCC(=O)Nc3cccc(Br)c3)ccc12. The summed E-state index contributed by atoms with van der Waals surface area (Å²) in [6, 6.07) is 14.1. The van der Waals surface area contributed by atoms with E-state index in [1.807, 2.05) is 18.2 Å². The average Bonchev–Trinajstić information content (AvgIpc) is 2.60. The monoisotopic (exact) mass is 415 g/mol. The van der Waals surface area contributed by atoms with E-state index >= 15 is 0 Å². The Hall–Kier alpha value is -2.60. The lowest BCUT2D eigenvalue weighted by atomic mass is 10.1. The molecule has 26 heavy (non-hydrogen) atoms. The van der Waals surface area contributed by atoms with Crippen molar-refractivity contribution in [1.82, 2.24) is 0 Å². The summed E-state index contributed by atoms with van der Waals surface area (Å²) >= 11 is 3.35. The van der Waals surface area contributed by atoms with Crippen LogP contribution in [0, 0.1) is 0 Å². The van der Waals surface area contributed by atoms with Gasteiger partial charge in [0.25, 0.3) is 5.91 Å². The third-order valence-corrected chi connectivity index (χ3v) is 4.29. The van der Waals surface area contributed by atoms with E-state index in [9.17, 15) is 9.59 Å². The number of rotatable bonds is 6. The molecule has 0 aliphatic rings. The van der Waals surface area contributed by atoms with E-state index in [2.05, 4.69) is 28.2 Å². The zero-order valence-corrected chi connectivity index (χ0v) is 15.8. The lowest BCUT2D eigenvalue weighted by Gasteiger charge is -2.09. The van der Waals surface area contributed by atoms with Crippen LogP contribution in [0.4, 0.5) is 5.69 Å². The summed E-state index contributed by atoms with van der Waals surface area (Å²) in [5.74, 6) is 0.197. The molecule has 0 aliphatic heterocycles. The van der Waals surface area contributed by atoms with Crippen LogP contribution in [0.25, 0.3) is 11.0 Å². The first-order valence-electron chi connectivity index (χ1n) is 8.30. The van der Waals surface area contributed by atoms with Gasteiger partial charge in [0.1, 0.15) is 11.3 Å². The number of halogens is 1. The number of fused-ring (bicyclic) bond motifs is 1. The molecule has 0 saturated heterocycles. The van der Waals surface area contributed by atoms with Crippen molar-refractivity contribution < 1.29 is 13.9 Å². The van der Waals surface area contributed by atoms with Gasteiger partial charge in [0.2, 0.25) is 0 Å². The van der Waals surface area contributed by atoms with Gasteiger partial charge in [0, 0.05) is 27.7 Å². The Balaban J connectivity index is 1.71. The number of amides is 1. The number of ether oxygens (including phenoxy) is 1. The Morgan fingerprint density at radius 3 is 2.81 bits per heavy atom. The molecule has 134 valence electrons. The highest BCUT2D eigenvalue weighted by Crippen LogP contribution is 2.23. The summed E-state index contributed by atoms with van der Waals surface area (Å²) in [7, 11) is 0. The number of aryl methyl sites for hydroxylation is 1.